The van der Waals surface area contributed by atoms with Crippen molar-refractivity contribution in [3.63, 3.8) is 0 Å². The van der Waals surface area contributed by atoms with E-state index in [1.165, 1.54) is 12.3 Å². The molecule has 20 heavy (non-hydrogen) atoms. The van der Waals surface area contributed by atoms with Crippen molar-refractivity contribution in [2.45, 2.75) is 56.5 Å². The lowest BCUT2D eigenvalue weighted by molar-refractivity contribution is 0.0840. The van der Waals surface area contributed by atoms with Crippen LogP contribution in [0, 0.1) is 0 Å². The van der Waals surface area contributed by atoms with Gasteiger partial charge in [-0.1, -0.05) is 6.92 Å². The Kier molecular flexibility index (Phi) is 4.16. The number of nitrogens with one attached hydrogen (secondary N) is 1. The van der Waals surface area contributed by atoms with E-state index >= 15 is 0 Å². The van der Waals surface area contributed by atoms with Crippen LogP contribution in [0.2, 0.25) is 0 Å². The Morgan fingerprint density at radius 1 is 1.50 bits per heavy atom. The number of amides is 1. The quantitative estimate of drug-likeness (QED) is 0.848. The number of hydrogen-bond acceptors (Lipinski definition) is 3. The van der Waals surface area contributed by atoms with Crippen LogP contribution in [0.1, 0.15) is 50.0 Å². The lowest BCUT2D eigenvalue weighted by Gasteiger charge is -2.39. The van der Waals surface area contributed by atoms with Gasteiger partial charge in [-0.05, 0) is 38.7 Å². The lowest BCUT2D eigenvalue weighted by Crippen LogP contribution is -2.51. The Bertz CT molecular complexity index is 618. The zero-order valence-electron chi connectivity index (χ0n) is 11.6. The molecule has 1 N–H and O–H groups in total. The number of aromatic nitrogens is 1. The second kappa shape index (κ2) is 5.41. The first-order chi connectivity index (χ1) is 9.25. The van der Waals surface area contributed by atoms with Crippen molar-refractivity contribution in [2.75, 3.05) is 0 Å². The molecule has 1 fully saturated rings. The topological polar surface area (TPSA) is 68.2 Å². The maximum absolute atomic E-state index is 12.3. The normalized spacial score (nSPS) is 17.6. The highest BCUT2D eigenvalue weighted by molar-refractivity contribution is 8.13. The molecule has 1 aliphatic rings. The van der Waals surface area contributed by atoms with Gasteiger partial charge in [0, 0.05) is 29.0 Å². The molecule has 1 aromatic heterocycles. The standard InChI is InChI=1S/C13H19ClN2O3S/c1-3-7-16-9-10(20(14,18)19)8-11(16)12(17)15-13(2)5-4-6-13/h8-9H,3-7H2,1-2H3,(H,15,17). The smallest absolute Gasteiger partial charge is 0.268 e. The van der Waals surface area contributed by atoms with Gasteiger partial charge in [-0.2, -0.15) is 0 Å². The van der Waals surface area contributed by atoms with Crippen LogP contribution in [-0.2, 0) is 15.6 Å². The van der Waals surface area contributed by atoms with Gasteiger partial charge in [0.2, 0.25) is 0 Å². The van der Waals surface area contributed by atoms with Gasteiger partial charge < -0.3 is 9.88 Å². The summed E-state index contributed by atoms with van der Waals surface area (Å²) in [7, 11) is 1.53. The minimum atomic E-state index is -3.82. The number of hydrogen-bond donors (Lipinski definition) is 1. The molecule has 2 rings (SSSR count). The number of nitrogens with zero attached hydrogens (tertiary/aromatic N) is 1. The van der Waals surface area contributed by atoms with E-state index in [-0.39, 0.29) is 16.3 Å². The van der Waals surface area contributed by atoms with Gasteiger partial charge in [0.1, 0.15) is 10.6 Å². The maximum Gasteiger partial charge on any atom is 0.268 e. The average molecular weight is 319 g/mol. The highest BCUT2D eigenvalue weighted by Gasteiger charge is 2.34. The fourth-order valence-corrected chi connectivity index (χ4v) is 3.16. The number of carbonyl (C=O) groups excluding carboxylic acids is 1. The number of aryl methyl sites for hydroxylation is 1. The molecule has 0 aromatic carbocycles. The predicted molar refractivity (Wildman–Crippen MR) is 77.5 cm³/mol. The third-order valence-corrected chi connectivity index (χ3v) is 5.04. The summed E-state index contributed by atoms with van der Waals surface area (Å²) in [6.45, 7) is 4.54. The van der Waals surface area contributed by atoms with Crippen molar-refractivity contribution < 1.29 is 13.2 Å². The minimum Gasteiger partial charge on any atom is -0.346 e. The fraction of sp³-hybridized carbons (Fsp3) is 0.615. The molecule has 7 heteroatoms. The number of carbonyl (C=O) groups is 1. The summed E-state index contributed by atoms with van der Waals surface area (Å²) in [5, 5.41) is 2.97. The zero-order valence-corrected chi connectivity index (χ0v) is 13.2. The molecule has 0 unspecified atom stereocenters. The third kappa shape index (κ3) is 3.17. The Morgan fingerprint density at radius 3 is 2.60 bits per heavy atom. The molecule has 0 atom stereocenters. The molecular formula is C13H19ClN2O3S. The molecule has 0 bridgehead atoms. The summed E-state index contributed by atoms with van der Waals surface area (Å²) in [6.07, 6.45) is 5.23. The Balaban J connectivity index is 2.29. The highest BCUT2D eigenvalue weighted by atomic mass is 35.7. The highest BCUT2D eigenvalue weighted by Crippen LogP contribution is 2.31. The molecule has 1 amide bonds. The molecular weight excluding hydrogens is 300 g/mol. The SMILES string of the molecule is CCCn1cc(S(=O)(=O)Cl)cc1C(=O)NC1(C)CCC1. The molecule has 1 aliphatic carbocycles. The maximum atomic E-state index is 12.3. The van der Waals surface area contributed by atoms with Crippen LogP contribution in [0.3, 0.4) is 0 Å². The molecule has 0 saturated heterocycles. The van der Waals surface area contributed by atoms with E-state index < -0.39 is 9.05 Å². The van der Waals surface area contributed by atoms with E-state index in [9.17, 15) is 13.2 Å². The second-order valence-electron chi connectivity index (χ2n) is 5.56. The van der Waals surface area contributed by atoms with Crippen LogP contribution in [0.15, 0.2) is 17.2 Å². The third-order valence-electron chi connectivity index (χ3n) is 3.72. The van der Waals surface area contributed by atoms with Gasteiger partial charge in [-0.3, -0.25) is 4.79 Å². The van der Waals surface area contributed by atoms with E-state index in [1.54, 1.807) is 4.57 Å². The van der Waals surface area contributed by atoms with Gasteiger partial charge in [-0.25, -0.2) is 8.42 Å². The Labute approximate surface area is 123 Å². The molecule has 5 nitrogen and oxygen atoms in total. The number of halogens is 1. The zero-order chi connectivity index (χ0) is 15.0. The van der Waals surface area contributed by atoms with Gasteiger partial charge in [0.25, 0.3) is 15.0 Å². The molecule has 0 radical (unpaired) electrons. The summed E-state index contributed by atoms with van der Waals surface area (Å²) in [5.41, 5.74) is 0.178. The molecule has 112 valence electrons. The van der Waals surface area contributed by atoms with Crippen molar-refractivity contribution in [1.82, 2.24) is 9.88 Å². The molecule has 1 saturated carbocycles. The summed E-state index contributed by atoms with van der Waals surface area (Å²) < 4.78 is 24.4. The van der Waals surface area contributed by atoms with Crippen LogP contribution < -0.4 is 5.32 Å². The van der Waals surface area contributed by atoms with Gasteiger partial charge in [0.05, 0.1) is 0 Å². The first-order valence-corrected chi connectivity index (χ1v) is 9.03. The summed E-state index contributed by atoms with van der Waals surface area (Å²) in [6, 6.07) is 1.34. The van der Waals surface area contributed by atoms with E-state index in [2.05, 4.69) is 5.32 Å². The lowest BCUT2D eigenvalue weighted by atomic mass is 9.78. The van der Waals surface area contributed by atoms with Crippen LogP contribution >= 0.6 is 10.7 Å². The van der Waals surface area contributed by atoms with E-state index in [4.69, 9.17) is 10.7 Å². The summed E-state index contributed by atoms with van der Waals surface area (Å²) in [5.74, 6) is -0.243. The molecule has 0 aliphatic heterocycles. The number of rotatable bonds is 5. The monoisotopic (exact) mass is 318 g/mol. The van der Waals surface area contributed by atoms with Gasteiger partial charge in [0.15, 0.2) is 0 Å². The van der Waals surface area contributed by atoms with Crippen LogP contribution in [0.5, 0.6) is 0 Å². The largest absolute Gasteiger partial charge is 0.346 e. The summed E-state index contributed by atoms with van der Waals surface area (Å²) >= 11 is 0. The second-order valence-corrected chi connectivity index (χ2v) is 8.13. The first-order valence-electron chi connectivity index (χ1n) is 6.72. The average Bonchev–Trinajstić information content (AvgIpc) is 2.71. The Hall–Kier alpha value is -1.01. The van der Waals surface area contributed by atoms with Crippen molar-refractivity contribution in [3.8, 4) is 0 Å². The van der Waals surface area contributed by atoms with Crippen molar-refractivity contribution in [1.29, 1.82) is 0 Å². The molecule has 0 spiro atoms. The van der Waals surface area contributed by atoms with Crippen LogP contribution in [-0.4, -0.2) is 24.4 Å². The van der Waals surface area contributed by atoms with E-state index in [0.717, 1.165) is 25.7 Å². The summed E-state index contributed by atoms with van der Waals surface area (Å²) in [4.78, 5) is 12.3. The molecule has 1 aromatic rings. The van der Waals surface area contributed by atoms with Crippen LogP contribution in [0.4, 0.5) is 0 Å². The van der Waals surface area contributed by atoms with Gasteiger partial charge in [-0.15, -0.1) is 0 Å². The van der Waals surface area contributed by atoms with Crippen molar-refractivity contribution >= 4 is 25.6 Å². The Morgan fingerprint density at radius 2 is 2.15 bits per heavy atom. The van der Waals surface area contributed by atoms with Gasteiger partial charge >= 0.3 is 0 Å². The predicted octanol–water partition coefficient (Wildman–Crippen LogP) is 2.50. The van der Waals surface area contributed by atoms with Crippen LogP contribution in [0.25, 0.3) is 0 Å². The van der Waals surface area contributed by atoms with E-state index in [0.29, 0.717) is 12.2 Å². The van der Waals surface area contributed by atoms with Crippen molar-refractivity contribution in [3.05, 3.63) is 18.0 Å². The first kappa shape index (κ1) is 15.4. The van der Waals surface area contributed by atoms with E-state index in [1.807, 2.05) is 13.8 Å². The van der Waals surface area contributed by atoms with Crippen molar-refractivity contribution in [2.24, 2.45) is 0 Å². The molecule has 1 heterocycles. The minimum absolute atomic E-state index is 0.0310. The fourth-order valence-electron chi connectivity index (χ4n) is 2.40.